The molecule has 1 N–H and O–H groups in total. The standard InChI is InChI=1S/C27H24FNO4/c1-2-15-33-22-10-6-9-20(16-22)24-23(25(30)19-11-13-21(28)14-12-19)26(31)27(32)29(24)17-18-7-4-3-5-8-18/h3-14,16,24,30H,2,15,17H2,1H3/t24-/m0/s1. The molecule has 4 rings (SSSR count). The van der Waals surface area contributed by atoms with E-state index in [1.54, 1.807) is 18.2 Å². The molecule has 1 amide bonds. The lowest BCUT2D eigenvalue weighted by Gasteiger charge is -2.26. The summed E-state index contributed by atoms with van der Waals surface area (Å²) in [7, 11) is 0. The van der Waals surface area contributed by atoms with Crippen LogP contribution in [-0.4, -0.2) is 28.3 Å². The number of Topliss-reactive ketones (excluding diaryl/α,β-unsaturated/α-hetero) is 1. The van der Waals surface area contributed by atoms with Crippen LogP contribution in [0.1, 0.15) is 36.1 Å². The van der Waals surface area contributed by atoms with E-state index in [1.807, 2.05) is 43.3 Å². The van der Waals surface area contributed by atoms with E-state index < -0.39 is 23.5 Å². The molecule has 0 aromatic heterocycles. The normalized spacial score (nSPS) is 17.4. The maximum absolute atomic E-state index is 13.4. The van der Waals surface area contributed by atoms with Crippen LogP contribution in [0.15, 0.2) is 84.4 Å². The Morgan fingerprint density at radius 3 is 2.42 bits per heavy atom. The molecular weight excluding hydrogens is 421 g/mol. The van der Waals surface area contributed by atoms with Crippen LogP contribution in [0.25, 0.3) is 5.76 Å². The van der Waals surface area contributed by atoms with E-state index in [0.717, 1.165) is 12.0 Å². The fraction of sp³-hybridized carbons (Fsp3) is 0.185. The van der Waals surface area contributed by atoms with Crippen molar-refractivity contribution in [1.29, 1.82) is 0 Å². The molecule has 0 radical (unpaired) electrons. The van der Waals surface area contributed by atoms with Crippen LogP contribution in [0.4, 0.5) is 4.39 Å². The number of hydrogen-bond acceptors (Lipinski definition) is 4. The third kappa shape index (κ3) is 4.65. The van der Waals surface area contributed by atoms with Gasteiger partial charge in [0.15, 0.2) is 0 Å². The second-order valence-corrected chi connectivity index (χ2v) is 7.84. The minimum Gasteiger partial charge on any atom is -0.507 e. The van der Waals surface area contributed by atoms with Crippen LogP contribution in [0.5, 0.6) is 5.75 Å². The van der Waals surface area contributed by atoms with E-state index >= 15 is 0 Å². The maximum Gasteiger partial charge on any atom is 0.295 e. The summed E-state index contributed by atoms with van der Waals surface area (Å²) in [6, 6.07) is 20.9. The molecule has 3 aromatic rings. The average molecular weight is 445 g/mol. The molecule has 0 unspecified atom stereocenters. The van der Waals surface area contributed by atoms with Crippen molar-refractivity contribution < 1.29 is 23.8 Å². The van der Waals surface area contributed by atoms with Crippen molar-refractivity contribution in [1.82, 2.24) is 4.90 Å². The fourth-order valence-corrected chi connectivity index (χ4v) is 3.93. The SMILES string of the molecule is CCCOc1cccc([C@H]2C(=C(O)c3ccc(F)cc3)C(=O)C(=O)N2Cc2ccccc2)c1. The molecule has 0 saturated carbocycles. The number of carbonyl (C=O) groups excluding carboxylic acids is 2. The largest absolute Gasteiger partial charge is 0.507 e. The third-order valence-corrected chi connectivity index (χ3v) is 5.50. The molecule has 0 bridgehead atoms. The van der Waals surface area contributed by atoms with Crippen molar-refractivity contribution in [2.24, 2.45) is 0 Å². The Morgan fingerprint density at radius 2 is 1.73 bits per heavy atom. The maximum atomic E-state index is 13.4. The van der Waals surface area contributed by atoms with Gasteiger partial charge < -0.3 is 14.7 Å². The van der Waals surface area contributed by atoms with Gasteiger partial charge in [0.1, 0.15) is 17.3 Å². The minimum absolute atomic E-state index is 0.0322. The molecule has 6 heteroatoms. The van der Waals surface area contributed by atoms with E-state index in [-0.39, 0.29) is 23.4 Å². The topological polar surface area (TPSA) is 66.8 Å². The van der Waals surface area contributed by atoms with Gasteiger partial charge in [-0.3, -0.25) is 9.59 Å². The molecule has 168 valence electrons. The number of halogens is 1. The number of benzene rings is 3. The van der Waals surface area contributed by atoms with Gasteiger partial charge in [-0.25, -0.2) is 4.39 Å². The molecule has 1 aliphatic rings. The number of amides is 1. The molecule has 33 heavy (non-hydrogen) atoms. The van der Waals surface area contributed by atoms with Crippen LogP contribution < -0.4 is 4.74 Å². The predicted molar refractivity (Wildman–Crippen MR) is 123 cm³/mol. The summed E-state index contributed by atoms with van der Waals surface area (Å²) in [6.45, 7) is 2.72. The van der Waals surface area contributed by atoms with Gasteiger partial charge in [-0.2, -0.15) is 0 Å². The number of nitrogens with zero attached hydrogens (tertiary/aromatic N) is 1. The molecule has 0 spiro atoms. The average Bonchev–Trinajstić information content (AvgIpc) is 3.08. The van der Waals surface area contributed by atoms with Crippen molar-refractivity contribution in [3.63, 3.8) is 0 Å². The number of likely N-dealkylation sites (tertiary alicyclic amines) is 1. The van der Waals surface area contributed by atoms with E-state index in [1.165, 1.54) is 29.2 Å². The highest BCUT2D eigenvalue weighted by molar-refractivity contribution is 6.46. The van der Waals surface area contributed by atoms with Crippen molar-refractivity contribution in [2.75, 3.05) is 6.61 Å². The Hall–Kier alpha value is -3.93. The fourth-order valence-electron chi connectivity index (χ4n) is 3.93. The van der Waals surface area contributed by atoms with Crippen molar-refractivity contribution in [3.05, 3.63) is 107 Å². The molecule has 1 fully saturated rings. The van der Waals surface area contributed by atoms with Gasteiger partial charge in [0.2, 0.25) is 0 Å². The smallest absolute Gasteiger partial charge is 0.295 e. The zero-order chi connectivity index (χ0) is 23.4. The number of hydrogen-bond donors (Lipinski definition) is 1. The van der Waals surface area contributed by atoms with Gasteiger partial charge in [-0.1, -0.05) is 49.4 Å². The van der Waals surface area contributed by atoms with Crippen LogP contribution in [-0.2, 0) is 16.1 Å². The summed E-state index contributed by atoms with van der Waals surface area (Å²) < 4.78 is 19.2. The highest BCUT2D eigenvalue weighted by Gasteiger charge is 2.46. The second-order valence-electron chi connectivity index (χ2n) is 7.84. The van der Waals surface area contributed by atoms with Gasteiger partial charge in [0, 0.05) is 12.1 Å². The first-order valence-corrected chi connectivity index (χ1v) is 10.8. The Labute approximate surface area is 191 Å². The van der Waals surface area contributed by atoms with Crippen LogP contribution in [0.3, 0.4) is 0 Å². The molecule has 5 nitrogen and oxygen atoms in total. The van der Waals surface area contributed by atoms with Crippen LogP contribution in [0, 0.1) is 5.82 Å². The highest BCUT2D eigenvalue weighted by atomic mass is 19.1. The minimum atomic E-state index is -0.819. The molecule has 3 aromatic carbocycles. The van der Waals surface area contributed by atoms with Gasteiger partial charge in [-0.05, 0) is 53.9 Å². The predicted octanol–water partition coefficient (Wildman–Crippen LogP) is 5.24. The van der Waals surface area contributed by atoms with E-state index in [9.17, 15) is 19.1 Å². The zero-order valence-corrected chi connectivity index (χ0v) is 18.2. The first-order valence-electron chi connectivity index (χ1n) is 10.8. The summed E-state index contributed by atoms with van der Waals surface area (Å²) in [5.74, 6) is -1.67. The Kier molecular flexibility index (Phi) is 6.54. The summed E-state index contributed by atoms with van der Waals surface area (Å²) >= 11 is 0. The monoisotopic (exact) mass is 445 g/mol. The Morgan fingerprint density at radius 1 is 1.00 bits per heavy atom. The van der Waals surface area contributed by atoms with Crippen LogP contribution >= 0.6 is 0 Å². The first kappa shape index (κ1) is 22.3. The molecule has 1 atom stereocenters. The first-order chi connectivity index (χ1) is 16.0. The second kappa shape index (κ2) is 9.69. The van der Waals surface area contributed by atoms with Crippen molar-refractivity contribution >= 4 is 17.4 Å². The lowest BCUT2D eigenvalue weighted by atomic mass is 9.95. The number of aliphatic hydroxyl groups excluding tert-OH is 1. The number of aliphatic hydroxyl groups is 1. The molecule has 1 saturated heterocycles. The molecule has 1 heterocycles. The third-order valence-electron chi connectivity index (χ3n) is 5.50. The van der Waals surface area contributed by atoms with E-state index in [0.29, 0.717) is 17.9 Å². The molecule has 1 aliphatic heterocycles. The van der Waals surface area contributed by atoms with E-state index in [4.69, 9.17) is 4.74 Å². The lowest BCUT2D eigenvalue weighted by molar-refractivity contribution is -0.140. The Balaban J connectivity index is 1.84. The zero-order valence-electron chi connectivity index (χ0n) is 18.2. The highest BCUT2D eigenvalue weighted by Crippen LogP contribution is 2.41. The number of carbonyl (C=O) groups is 2. The van der Waals surface area contributed by atoms with Gasteiger partial charge >= 0.3 is 0 Å². The van der Waals surface area contributed by atoms with Gasteiger partial charge in [-0.15, -0.1) is 0 Å². The van der Waals surface area contributed by atoms with Crippen molar-refractivity contribution in [2.45, 2.75) is 25.9 Å². The summed E-state index contributed by atoms with van der Waals surface area (Å²) in [6.07, 6.45) is 0.835. The summed E-state index contributed by atoms with van der Waals surface area (Å²) in [5, 5.41) is 11.1. The molecular formula is C27H24FNO4. The summed E-state index contributed by atoms with van der Waals surface area (Å²) in [4.78, 5) is 27.7. The quantitative estimate of drug-likeness (QED) is 0.307. The van der Waals surface area contributed by atoms with E-state index in [2.05, 4.69) is 0 Å². The summed E-state index contributed by atoms with van der Waals surface area (Å²) in [5.41, 5.74) is 1.72. The van der Waals surface area contributed by atoms with Crippen molar-refractivity contribution in [3.8, 4) is 5.75 Å². The Bertz CT molecular complexity index is 1190. The number of ketones is 1. The molecule has 0 aliphatic carbocycles. The number of ether oxygens (including phenoxy) is 1. The lowest BCUT2D eigenvalue weighted by Crippen LogP contribution is -2.29. The van der Waals surface area contributed by atoms with Crippen LogP contribution in [0.2, 0.25) is 0 Å². The van der Waals surface area contributed by atoms with Gasteiger partial charge in [0.25, 0.3) is 11.7 Å². The van der Waals surface area contributed by atoms with Gasteiger partial charge in [0.05, 0.1) is 18.2 Å². The number of rotatable bonds is 7.